The molecule has 0 aliphatic carbocycles. The summed E-state index contributed by atoms with van der Waals surface area (Å²) in [6.45, 7) is 4.48. The monoisotopic (exact) mass is 334 g/mol. The lowest BCUT2D eigenvalue weighted by Gasteiger charge is -2.28. The molecule has 1 saturated heterocycles. The van der Waals surface area contributed by atoms with Crippen molar-refractivity contribution in [1.29, 1.82) is 0 Å². The molecule has 2 nitrogen and oxygen atoms in total. The molecule has 5 heteroatoms. The second kappa shape index (κ2) is 6.55. The van der Waals surface area contributed by atoms with Gasteiger partial charge in [0.15, 0.2) is 0 Å². The van der Waals surface area contributed by atoms with Gasteiger partial charge in [-0.05, 0) is 37.1 Å². The van der Waals surface area contributed by atoms with E-state index in [1.165, 1.54) is 11.6 Å². The molecule has 1 aliphatic rings. The Morgan fingerprint density at radius 1 is 1.08 bits per heavy atom. The highest BCUT2D eigenvalue weighted by molar-refractivity contribution is 5.24. The van der Waals surface area contributed by atoms with Crippen LogP contribution >= 0.6 is 0 Å². The van der Waals surface area contributed by atoms with Gasteiger partial charge in [0, 0.05) is 24.2 Å². The van der Waals surface area contributed by atoms with Crippen molar-refractivity contribution >= 4 is 0 Å². The van der Waals surface area contributed by atoms with Crippen LogP contribution in [0.25, 0.3) is 0 Å². The minimum absolute atomic E-state index is 0.296. The highest BCUT2D eigenvalue weighted by Gasteiger charge is 2.41. The molecule has 1 atom stereocenters. The molecule has 1 aromatic carbocycles. The van der Waals surface area contributed by atoms with Gasteiger partial charge in [-0.3, -0.25) is 4.90 Å². The van der Waals surface area contributed by atoms with Gasteiger partial charge < -0.3 is 0 Å². The lowest BCUT2D eigenvalue weighted by molar-refractivity contribution is -0.141. The van der Waals surface area contributed by atoms with E-state index >= 15 is 0 Å². The minimum Gasteiger partial charge on any atom is -0.298 e. The molecule has 0 saturated carbocycles. The van der Waals surface area contributed by atoms with E-state index < -0.39 is 11.9 Å². The van der Waals surface area contributed by atoms with Crippen LogP contribution in [0.2, 0.25) is 0 Å². The van der Waals surface area contributed by atoms with Crippen LogP contribution in [0.3, 0.4) is 0 Å². The Labute approximate surface area is 140 Å². The molecule has 0 radical (unpaired) electrons. The molecule has 0 spiro atoms. The number of alkyl halides is 3. The van der Waals surface area contributed by atoms with E-state index in [-0.39, 0.29) is 5.41 Å². The minimum atomic E-state index is -4.40. The highest BCUT2D eigenvalue weighted by Crippen LogP contribution is 2.38. The molecule has 3 rings (SSSR count). The number of nitrogens with zero attached hydrogens (tertiary/aromatic N) is 2. The van der Waals surface area contributed by atoms with E-state index in [9.17, 15) is 13.2 Å². The molecule has 1 aromatic heterocycles. The van der Waals surface area contributed by atoms with E-state index in [2.05, 4.69) is 22.0 Å². The average Bonchev–Trinajstić information content (AvgIpc) is 3.00. The van der Waals surface area contributed by atoms with E-state index in [0.29, 0.717) is 5.69 Å². The topological polar surface area (TPSA) is 16.1 Å². The van der Waals surface area contributed by atoms with Gasteiger partial charge in [-0.1, -0.05) is 43.3 Å². The van der Waals surface area contributed by atoms with E-state index in [1.807, 2.05) is 25.1 Å². The summed E-state index contributed by atoms with van der Waals surface area (Å²) in [5, 5.41) is 0. The van der Waals surface area contributed by atoms with E-state index in [0.717, 1.165) is 38.5 Å². The number of aromatic nitrogens is 1. The number of pyridine rings is 1. The number of likely N-dealkylation sites (tertiary alicyclic amines) is 1. The summed E-state index contributed by atoms with van der Waals surface area (Å²) in [4.78, 5) is 6.27. The maximum absolute atomic E-state index is 13.0. The van der Waals surface area contributed by atoms with Gasteiger partial charge in [-0.15, -0.1) is 0 Å². The van der Waals surface area contributed by atoms with Crippen molar-refractivity contribution in [1.82, 2.24) is 9.88 Å². The normalized spacial score (nSPS) is 22.0. The van der Waals surface area contributed by atoms with Crippen molar-refractivity contribution in [3.63, 3.8) is 0 Å². The van der Waals surface area contributed by atoms with Crippen molar-refractivity contribution in [2.75, 3.05) is 13.1 Å². The Hall–Kier alpha value is -1.88. The Morgan fingerprint density at radius 2 is 1.83 bits per heavy atom. The quantitative estimate of drug-likeness (QED) is 0.809. The van der Waals surface area contributed by atoms with Gasteiger partial charge in [0.1, 0.15) is 5.69 Å². The van der Waals surface area contributed by atoms with Crippen LogP contribution < -0.4 is 0 Å². The smallest absolute Gasteiger partial charge is 0.298 e. The molecule has 0 bridgehead atoms. The zero-order valence-electron chi connectivity index (χ0n) is 13.7. The summed E-state index contributed by atoms with van der Waals surface area (Å²) in [6, 6.07) is 14.4. The third-order valence-electron chi connectivity index (χ3n) is 4.94. The van der Waals surface area contributed by atoms with Gasteiger partial charge in [-0.25, -0.2) is 4.98 Å². The molecule has 2 aromatic rings. The molecule has 24 heavy (non-hydrogen) atoms. The predicted molar refractivity (Wildman–Crippen MR) is 87.5 cm³/mol. The third-order valence-corrected chi connectivity index (χ3v) is 4.94. The van der Waals surface area contributed by atoms with Gasteiger partial charge >= 0.3 is 6.18 Å². The van der Waals surface area contributed by atoms with Crippen molar-refractivity contribution < 1.29 is 13.2 Å². The fourth-order valence-corrected chi connectivity index (χ4v) is 3.50. The number of benzene rings is 1. The van der Waals surface area contributed by atoms with Gasteiger partial charge in [0.25, 0.3) is 0 Å². The lowest BCUT2D eigenvalue weighted by atomic mass is 9.80. The SMILES string of the molecule is CCC1(c2cccc(C(F)(F)F)n2)CCN(Cc2ccccc2)C1. The molecular weight excluding hydrogens is 313 g/mol. The van der Waals surface area contributed by atoms with Crippen LogP contribution in [0.1, 0.15) is 36.7 Å². The molecule has 2 heterocycles. The maximum atomic E-state index is 13.0. The van der Waals surface area contributed by atoms with Gasteiger partial charge in [-0.2, -0.15) is 13.2 Å². The molecule has 0 N–H and O–H groups in total. The van der Waals surface area contributed by atoms with Crippen molar-refractivity contribution in [2.24, 2.45) is 0 Å². The molecule has 0 amide bonds. The van der Waals surface area contributed by atoms with E-state index in [1.54, 1.807) is 6.07 Å². The van der Waals surface area contributed by atoms with Crippen LogP contribution in [-0.2, 0) is 18.1 Å². The van der Waals surface area contributed by atoms with Crippen molar-refractivity contribution in [3.05, 3.63) is 65.5 Å². The largest absolute Gasteiger partial charge is 0.433 e. The first-order valence-electron chi connectivity index (χ1n) is 8.24. The Kier molecular flexibility index (Phi) is 4.63. The van der Waals surface area contributed by atoms with Crippen LogP contribution in [0.5, 0.6) is 0 Å². The van der Waals surface area contributed by atoms with Gasteiger partial charge in [0.2, 0.25) is 0 Å². The number of hydrogen-bond acceptors (Lipinski definition) is 2. The first-order valence-corrected chi connectivity index (χ1v) is 8.24. The molecule has 1 unspecified atom stereocenters. The van der Waals surface area contributed by atoms with Crippen LogP contribution in [-0.4, -0.2) is 23.0 Å². The number of halogens is 3. The molecule has 128 valence electrons. The van der Waals surface area contributed by atoms with Crippen molar-refractivity contribution in [3.8, 4) is 0 Å². The highest BCUT2D eigenvalue weighted by atomic mass is 19.4. The third kappa shape index (κ3) is 3.46. The van der Waals surface area contributed by atoms with Crippen LogP contribution in [0.4, 0.5) is 13.2 Å². The molecular formula is C19H21F3N2. The summed E-state index contributed by atoms with van der Waals surface area (Å²) < 4.78 is 38.9. The second-order valence-electron chi connectivity index (χ2n) is 6.49. The van der Waals surface area contributed by atoms with Gasteiger partial charge in [0.05, 0.1) is 0 Å². The Morgan fingerprint density at radius 3 is 2.50 bits per heavy atom. The Bertz CT molecular complexity index is 685. The zero-order valence-corrected chi connectivity index (χ0v) is 13.7. The number of hydrogen-bond donors (Lipinski definition) is 0. The van der Waals surface area contributed by atoms with Crippen molar-refractivity contribution in [2.45, 2.75) is 37.9 Å². The summed E-state index contributed by atoms with van der Waals surface area (Å²) in [5.41, 5.74) is 0.696. The predicted octanol–water partition coefficient (Wildman–Crippen LogP) is 4.65. The number of rotatable bonds is 4. The average molecular weight is 334 g/mol. The first kappa shape index (κ1) is 17.0. The maximum Gasteiger partial charge on any atom is 0.433 e. The van der Waals surface area contributed by atoms with E-state index in [4.69, 9.17) is 0 Å². The second-order valence-corrected chi connectivity index (χ2v) is 6.49. The lowest BCUT2D eigenvalue weighted by Crippen LogP contribution is -2.32. The summed E-state index contributed by atoms with van der Waals surface area (Å²) in [7, 11) is 0. The first-order chi connectivity index (χ1) is 11.4. The summed E-state index contributed by atoms with van der Waals surface area (Å²) in [6.07, 6.45) is -2.77. The fourth-order valence-electron chi connectivity index (χ4n) is 3.50. The van der Waals surface area contributed by atoms with Crippen LogP contribution in [0.15, 0.2) is 48.5 Å². The zero-order chi connectivity index (χ0) is 17.2. The summed E-state index contributed by atoms with van der Waals surface area (Å²) in [5.74, 6) is 0. The molecule has 1 aliphatic heterocycles. The molecule has 1 fully saturated rings. The van der Waals surface area contributed by atoms with Crippen LogP contribution in [0, 0.1) is 0 Å². The Balaban J connectivity index is 1.81. The fraction of sp³-hybridized carbons (Fsp3) is 0.421. The standard InChI is InChI=1S/C19H21F3N2/c1-2-18(16-9-6-10-17(23-16)19(20,21)22)11-12-24(14-18)13-15-7-4-3-5-8-15/h3-10H,2,11-14H2,1H3. The summed E-state index contributed by atoms with van der Waals surface area (Å²) >= 11 is 0.